The number of benzene rings is 1. The van der Waals surface area contributed by atoms with Gasteiger partial charge in [0.25, 0.3) is 0 Å². The van der Waals surface area contributed by atoms with Crippen molar-refractivity contribution in [1.82, 2.24) is 0 Å². The molecule has 1 aromatic carbocycles. The van der Waals surface area contributed by atoms with Crippen molar-refractivity contribution in [2.75, 3.05) is 5.32 Å². The van der Waals surface area contributed by atoms with Crippen LogP contribution in [0.1, 0.15) is 68.7 Å². The highest BCUT2D eigenvalue weighted by Gasteiger charge is 2.31. The Kier molecular flexibility index (Phi) is 4.25. The van der Waals surface area contributed by atoms with Crippen LogP contribution in [0.15, 0.2) is 12.1 Å². The lowest BCUT2D eigenvalue weighted by molar-refractivity contribution is -0.117. The van der Waals surface area contributed by atoms with Crippen LogP contribution in [0.25, 0.3) is 0 Å². The summed E-state index contributed by atoms with van der Waals surface area (Å²) in [6.45, 7) is 6.17. The van der Waals surface area contributed by atoms with Crippen LogP contribution in [0.5, 0.6) is 0 Å². The zero-order valence-electron chi connectivity index (χ0n) is 12.0. The smallest absolute Gasteiger partial charge is 0.232 e. The van der Waals surface area contributed by atoms with Gasteiger partial charge in [-0.25, -0.2) is 0 Å². The van der Waals surface area contributed by atoms with Crippen molar-refractivity contribution in [3.05, 3.63) is 28.8 Å². The first-order valence-electron chi connectivity index (χ1n) is 7.27. The number of amides is 1. The highest BCUT2D eigenvalue weighted by Crippen LogP contribution is 2.39. The molecular weight excluding hydrogens is 238 g/mol. The number of hydrogen-bond acceptors (Lipinski definition) is 2. The maximum Gasteiger partial charge on any atom is 0.232 e. The third-order valence-corrected chi connectivity index (χ3v) is 3.95. The fourth-order valence-corrected chi connectivity index (χ4v) is 2.85. The van der Waals surface area contributed by atoms with Gasteiger partial charge in [-0.3, -0.25) is 4.79 Å². The van der Waals surface area contributed by atoms with Gasteiger partial charge in [0.1, 0.15) is 0 Å². The molecule has 2 atom stereocenters. The Bertz CT molecular complexity index is 482. The standard InChI is InChI=1S/C16H23NO2/c1-4-7-14(18)11-8-10(5-2)15-13(9-11)12(6-3)16(19)17-15/h8-9,12,14,18H,4-7H2,1-3H3,(H,17,19). The van der Waals surface area contributed by atoms with E-state index >= 15 is 0 Å². The Balaban J connectivity index is 2.46. The molecule has 1 aromatic rings. The van der Waals surface area contributed by atoms with Gasteiger partial charge >= 0.3 is 0 Å². The second kappa shape index (κ2) is 5.74. The summed E-state index contributed by atoms with van der Waals surface area (Å²) in [6, 6.07) is 4.05. The van der Waals surface area contributed by atoms with Gasteiger partial charge in [0.05, 0.1) is 12.0 Å². The van der Waals surface area contributed by atoms with Crippen LogP contribution in [-0.2, 0) is 11.2 Å². The summed E-state index contributed by atoms with van der Waals surface area (Å²) in [5.74, 6) is 0.0309. The number of anilines is 1. The molecule has 0 fully saturated rings. The monoisotopic (exact) mass is 261 g/mol. The molecule has 0 aromatic heterocycles. The van der Waals surface area contributed by atoms with Crippen molar-refractivity contribution in [2.45, 2.75) is 58.5 Å². The number of aliphatic hydroxyl groups excluding tert-OH is 1. The fraction of sp³-hybridized carbons (Fsp3) is 0.562. The summed E-state index contributed by atoms with van der Waals surface area (Å²) in [5, 5.41) is 13.2. The van der Waals surface area contributed by atoms with E-state index in [0.717, 1.165) is 48.1 Å². The molecule has 3 nitrogen and oxygen atoms in total. The second-order valence-corrected chi connectivity index (χ2v) is 5.25. The molecule has 0 radical (unpaired) electrons. The maximum atomic E-state index is 12.0. The van der Waals surface area contributed by atoms with Gasteiger partial charge in [0.2, 0.25) is 5.91 Å². The van der Waals surface area contributed by atoms with Gasteiger partial charge in [0.15, 0.2) is 0 Å². The molecule has 104 valence electrons. The van der Waals surface area contributed by atoms with Crippen LogP contribution < -0.4 is 5.32 Å². The van der Waals surface area contributed by atoms with Gasteiger partial charge in [-0.15, -0.1) is 0 Å². The van der Waals surface area contributed by atoms with Crippen LogP contribution in [0.2, 0.25) is 0 Å². The molecule has 0 aliphatic carbocycles. The summed E-state index contributed by atoms with van der Waals surface area (Å²) in [7, 11) is 0. The molecule has 0 bridgehead atoms. The molecule has 1 aliphatic rings. The van der Waals surface area contributed by atoms with Crippen molar-refractivity contribution in [1.29, 1.82) is 0 Å². The number of aryl methyl sites for hydroxylation is 1. The Labute approximate surface area is 115 Å². The van der Waals surface area contributed by atoms with E-state index < -0.39 is 6.10 Å². The van der Waals surface area contributed by atoms with E-state index in [1.54, 1.807) is 0 Å². The van der Waals surface area contributed by atoms with E-state index in [-0.39, 0.29) is 11.8 Å². The predicted molar refractivity (Wildman–Crippen MR) is 77.3 cm³/mol. The van der Waals surface area contributed by atoms with E-state index in [1.165, 1.54) is 0 Å². The van der Waals surface area contributed by atoms with Crippen LogP contribution in [-0.4, -0.2) is 11.0 Å². The maximum absolute atomic E-state index is 12.0. The lowest BCUT2D eigenvalue weighted by Crippen LogP contribution is -2.10. The Hall–Kier alpha value is -1.35. The SMILES string of the molecule is CCCC(O)c1cc(CC)c2c(c1)C(CC)C(=O)N2. The first-order valence-corrected chi connectivity index (χ1v) is 7.27. The molecule has 0 spiro atoms. The Morgan fingerprint density at radius 1 is 1.32 bits per heavy atom. The van der Waals surface area contributed by atoms with E-state index in [2.05, 4.69) is 19.2 Å². The molecule has 2 unspecified atom stereocenters. The van der Waals surface area contributed by atoms with E-state index in [1.807, 2.05) is 19.1 Å². The van der Waals surface area contributed by atoms with Crippen LogP contribution >= 0.6 is 0 Å². The quantitative estimate of drug-likeness (QED) is 0.852. The number of rotatable bonds is 5. The van der Waals surface area contributed by atoms with Gasteiger partial charge in [-0.05, 0) is 36.0 Å². The van der Waals surface area contributed by atoms with Crippen molar-refractivity contribution in [3.63, 3.8) is 0 Å². The number of carbonyl (C=O) groups excluding carboxylic acids is 1. The van der Waals surface area contributed by atoms with Crippen LogP contribution in [0, 0.1) is 0 Å². The molecule has 1 amide bonds. The van der Waals surface area contributed by atoms with Gasteiger partial charge in [0, 0.05) is 5.69 Å². The third-order valence-electron chi connectivity index (χ3n) is 3.95. The minimum atomic E-state index is -0.422. The molecule has 1 aliphatic heterocycles. The summed E-state index contributed by atoms with van der Waals surface area (Å²) < 4.78 is 0. The van der Waals surface area contributed by atoms with E-state index in [4.69, 9.17) is 0 Å². The molecule has 1 heterocycles. The molecule has 2 rings (SSSR count). The Morgan fingerprint density at radius 3 is 2.63 bits per heavy atom. The molecule has 0 saturated carbocycles. The zero-order chi connectivity index (χ0) is 14.0. The molecule has 19 heavy (non-hydrogen) atoms. The number of nitrogens with one attached hydrogen (secondary N) is 1. The lowest BCUT2D eigenvalue weighted by atomic mass is 9.91. The molecule has 2 N–H and O–H groups in total. The fourth-order valence-electron chi connectivity index (χ4n) is 2.85. The number of hydrogen-bond donors (Lipinski definition) is 2. The van der Waals surface area contributed by atoms with Crippen molar-refractivity contribution in [2.24, 2.45) is 0 Å². The molecule has 0 saturated heterocycles. The Morgan fingerprint density at radius 2 is 2.05 bits per heavy atom. The van der Waals surface area contributed by atoms with Gasteiger partial charge < -0.3 is 10.4 Å². The van der Waals surface area contributed by atoms with Crippen molar-refractivity contribution < 1.29 is 9.90 Å². The second-order valence-electron chi connectivity index (χ2n) is 5.25. The topological polar surface area (TPSA) is 49.3 Å². The summed E-state index contributed by atoms with van der Waals surface area (Å²) in [5.41, 5.74) is 4.13. The van der Waals surface area contributed by atoms with E-state index in [0.29, 0.717) is 0 Å². The minimum Gasteiger partial charge on any atom is -0.388 e. The highest BCUT2D eigenvalue weighted by molar-refractivity contribution is 6.03. The first-order chi connectivity index (χ1) is 9.12. The number of fused-ring (bicyclic) bond motifs is 1. The van der Waals surface area contributed by atoms with Gasteiger partial charge in [-0.2, -0.15) is 0 Å². The normalized spacial score (nSPS) is 19.2. The van der Waals surface area contributed by atoms with Gasteiger partial charge in [-0.1, -0.05) is 39.3 Å². The predicted octanol–water partition coefficient (Wildman–Crippen LogP) is 3.53. The minimum absolute atomic E-state index is 0.0610. The van der Waals surface area contributed by atoms with Crippen molar-refractivity contribution >= 4 is 11.6 Å². The average Bonchev–Trinajstić information content (AvgIpc) is 2.73. The summed E-state index contributed by atoms with van der Waals surface area (Å²) in [6.07, 6.45) is 2.96. The highest BCUT2D eigenvalue weighted by atomic mass is 16.3. The average molecular weight is 261 g/mol. The zero-order valence-corrected chi connectivity index (χ0v) is 12.0. The van der Waals surface area contributed by atoms with Crippen LogP contribution in [0.4, 0.5) is 5.69 Å². The lowest BCUT2D eigenvalue weighted by Gasteiger charge is -2.15. The first kappa shape index (κ1) is 14.1. The van der Waals surface area contributed by atoms with E-state index in [9.17, 15) is 9.90 Å². The summed E-state index contributed by atoms with van der Waals surface area (Å²) in [4.78, 5) is 12.0. The molecule has 3 heteroatoms. The largest absolute Gasteiger partial charge is 0.388 e. The number of carbonyl (C=O) groups is 1. The van der Waals surface area contributed by atoms with Crippen LogP contribution in [0.3, 0.4) is 0 Å². The molecular formula is C16H23NO2. The third kappa shape index (κ3) is 2.52. The number of aliphatic hydroxyl groups is 1. The summed E-state index contributed by atoms with van der Waals surface area (Å²) >= 11 is 0. The van der Waals surface area contributed by atoms with Crippen molar-refractivity contribution in [3.8, 4) is 0 Å².